The minimum Gasteiger partial charge on any atom is -0.462 e. The van der Waals surface area contributed by atoms with Gasteiger partial charge in [0.1, 0.15) is 0 Å². The monoisotopic (exact) mass is 539 g/mol. The average Bonchev–Trinajstić information content (AvgIpc) is 3.49. The van der Waals surface area contributed by atoms with Gasteiger partial charge in [0, 0.05) is 47.3 Å². The third-order valence-electron chi connectivity index (χ3n) is 6.29. The van der Waals surface area contributed by atoms with E-state index in [0.717, 1.165) is 15.6 Å². The summed E-state index contributed by atoms with van der Waals surface area (Å²) in [6.45, 7) is 0.684. The summed E-state index contributed by atoms with van der Waals surface area (Å²) in [4.78, 5) is 24.8. The van der Waals surface area contributed by atoms with Gasteiger partial charge in [-0.3, -0.25) is 9.10 Å². The molecule has 2 aromatic carbocycles. The van der Waals surface area contributed by atoms with Gasteiger partial charge in [0.2, 0.25) is 0 Å². The Bertz CT molecular complexity index is 1540. The molecule has 3 aliphatic heterocycles. The zero-order valence-electron chi connectivity index (χ0n) is 17.7. The number of carbonyl (C=O) groups is 2. The Morgan fingerprint density at radius 1 is 1.00 bits per heavy atom. The summed E-state index contributed by atoms with van der Waals surface area (Å²) in [6.07, 6.45) is 6.25. The lowest BCUT2D eigenvalue weighted by atomic mass is 10.1. The number of aromatic nitrogens is 1. The number of nitrogens with one attached hydrogen (secondary N) is 1. The number of amides is 1. The molecule has 172 valence electrons. The van der Waals surface area contributed by atoms with Crippen LogP contribution in [0.15, 0.2) is 58.2 Å². The molecule has 0 saturated carbocycles. The minimum absolute atomic E-state index is 0.111. The van der Waals surface area contributed by atoms with Crippen molar-refractivity contribution in [2.24, 2.45) is 0 Å². The molecule has 0 atom stereocenters. The highest BCUT2D eigenvalue weighted by atomic mass is 79.9. The maximum Gasteiger partial charge on any atom is 0.339 e. The number of hydrogen-bond acceptors (Lipinski definition) is 5. The second-order valence-electron chi connectivity index (χ2n) is 8.33. The number of fused-ring (bicyclic) bond motifs is 3. The Morgan fingerprint density at radius 2 is 1.85 bits per heavy atom. The van der Waals surface area contributed by atoms with Gasteiger partial charge >= 0.3 is 5.97 Å². The van der Waals surface area contributed by atoms with E-state index < -0.39 is 10.0 Å². The molecule has 1 amide bonds. The fraction of sp³-hybridized carbons (Fsp3) is 0.167. The quantitative estimate of drug-likeness (QED) is 0.404. The van der Waals surface area contributed by atoms with Crippen LogP contribution in [0.1, 0.15) is 27.0 Å². The van der Waals surface area contributed by atoms with Gasteiger partial charge in [0.05, 0.1) is 28.3 Å². The van der Waals surface area contributed by atoms with Crippen molar-refractivity contribution in [3.8, 4) is 0 Å². The van der Waals surface area contributed by atoms with E-state index in [0.29, 0.717) is 54.1 Å². The van der Waals surface area contributed by atoms with Crippen LogP contribution >= 0.6 is 15.9 Å². The SMILES string of the molecule is O=C1Nc2ccc(S(=O)(=O)N3CCc4cc(Br)ccc43)cc2C1=Cn1cc2c(c1)C(=O)OCC2. The molecule has 34 heavy (non-hydrogen) atoms. The molecule has 6 rings (SSSR count). The highest BCUT2D eigenvalue weighted by molar-refractivity contribution is 9.10. The van der Waals surface area contributed by atoms with Gasteiger partial charge in [0.25, 0.3) is 15.9 Å². The average molecular weight is 540 g/mol. The van der Waals surface area contributed by atoms with Crippen molar-refractivity contribution in [2.75, 3.05) is 22.8 Å². The number of anilines is 2. The number of halogens is 1. The molecule has 0 aliphatic carbocycles. The molecule has 10 heteroatoms. The second-order valence-corrected chi connectivity index (χ2v) is 11.1. The second kappa shape index (κ2) is 7.57. The standard InChI is InChI=1S/C24H18BrN3O5S/c25-16-1-4-22-14(9-16)5-7-28(22)34(31,32)17-2-3-21-18(10-17)20(23(29)26-21)13-27-11-15-6-8-33-24(30)19(15)12-27/h1-4,9-13H,5-8H2,(H,26,29). The maximum atomic E-state index is 13.5. The van der Waals surface area contributed by atoms with Crippen molar-refractivity contribution < 1.29 is 22.7 Å². The third kappa shape index (κ3) is 3.28. The third-order valence-corrected chi connectivity index (χ3v) is 8.59. The molecule has 1 aromatic heterocycles. The number of benzene rings is 2. The molecule has 0 saturated heterocycles. The van der Waals surface area contributed by atoms with E-state index in [9.17, 15) is 18.0 Å². The van der Waals surface area contributed by atoms with E-state index in [2.05, 4.69) is 21.2 Å². The Hall–Kier alpha value is -3.37. The van der Waals surface area contributed by atoms with Crippen LogP contribution in [0.25, 0.3) is 11.8 Å². The summed E-state index contributed by atoms with van der Waals surface area (Å²) in [5, 5.41) is 2.78. The molecule has 4 heterocycles. The smallest absolute Gasteiger partial charge is 0.339 e. The Labute approximate surface area is 204 Å². The lowest BCUT2D eigenvalue weighted by molar-refractivity contribution is -0.110. The van der Waals surface area contributed by atoms with Gasteiger partial charge < -0.3 is 14.6 Å². The van der Waals surface area contributed by atoms with Crippen LogP contribution in [0.4, 0.5) is 11.4 Å². The van der Waals surface area contributed by atoms with Crippen molar-refractivity contribution >= 4 is 61.0 Å². The predicted molar refractivity (Wildman–Crippen MR) is 130 cm³/mol. The van der Waals surface area contributed by atoms with Crippen LogP contribution in [0.3, 0.4) is 0 Å². The predicted octanol–water partition coefficient (Wildman–Crippen LogP) is 3.67. The first-order valence-corrected chi connectivity index (χ1v) is 12.9. The fourth-order valence-corrected chi connectivity index (χ4v) is 6.57. The van der Waals surface area contributed by atoms with Gasteiger partial charge in [-0.15, -0.1) is 0 Å². The van der Waals surface area contributed by atoms with Gasteiger partial charge in [-0.2, -0.15) is 0 Å². The molecule has 0 spiro atoms. The molecule has 0 fully saturated rings. The first-order valence-electron chi connectivity index (χ1n) is 10.7. The molecule has 3 aromatic rings. The van der Waals surface area contributed by atoms with E-state index in [-0.39, 0.29) is 16.8 Å². The van der Waals surface area contributed by atoms with Crippen LogP contribution < -0.4 is 9.62 Å². The topological polar surface area (TPSA) is 97.7 Å². The zero-order chi connectivity index (χ0) is 23.6. The number of cyclic esters (lactones) is 1. The fourth-order valence-electron chi connectivity index (χ4n) is 4.63. The lowest BCUT2D eigenvalue weighted by Crippen LogP contribution is -2.29. The maximum absolute atomic E-state index is 13.5. The van der Waals surface area contributed by atoms with E-state index >= 15 is 0 Å². The summed E-state index contributed by atoms with van der Waals surface area (Å²) in [5.74, 6) is -0.726. The number of rotatable bonds is 3. The normalized spacial score (nSPS) is 17.9. The minimum atomic E-state index is -3.83. The Morgan fingerprint density at radius 3 is 2.68 bits per heavy atom. The van der Waals surface area contributed by atoms with Crippen LogP contribution in [0.5, 0.6) is 0 Å². The van der Waals surface area contributed by atoms with E-state index in [1.54, 1.807) is 35.3 Å². The van der Waals surface area contributed by atoms with Gasteiger partial charge in [-0.05, 0) is 53.9 Å². The summed E-state index contributed by atoms with van der Waals surface area (Å²) < 4.78 is 36.1. The van der Waals surface area contributed by atoms with E-state index in [1.165, 1.54) is 16.4 Å². The van der Waals surface area contributed by atoms with Crippen molar-refractivity contribution in [2.45, 2.75) is 17.7 Å². The van der Waals surface area contributed by atoms with Crippen LogP contribution in [0.2, 0.25) is 0 Å². The van der Waals surface area contributed by atoms with Crippen molar-refractivity contribution in [3.05, 3.63) is 75.5 Å². The zero-order valence-corrected chi connectivity index (χ0v) is 20.1. The molecule has 8 nitrogen and oxygen atoms in total. The van der Waals surface area contributed by atoms with E-state index in [1.807, 2.05) is 12.1 Å². The number of esters is 1. The molecular weight excluding hydrogens is 522 g/mol. The summed E-state index contributed by atoms with van der Waals surface area (Å²) >= 11 is 3.43. The van der Waals surface area contributed by atoms with Gasteiger partial charge in [-0.25, -0.2) is 13.2 Å². The lowest BCUT2D eigenvalue weighted by Gasteiger charge is -2.20. The Kier molecular flexibility index (Phi) is 4.72. The first-order chi connectivity index (χ1) is 16.3. The molecular formula is C24H18BrN3O5S. The molecule has 0 unspecified atom stereocenters. The summed E-state index contributed by atoms with van der Waals surface area (Å²) in [5.41, 5.74) is 4.30. The molecule has 0 radical (unpaired) electrons. The number of sulfonamides is 1. The Balaban J connectivity index is 1.39. The first kappa shape index (κ1) is 21.2. The van der Waals surface area contributed by atoms with E-state index in [4.69, 9.17) is 4.74 Å². The molecule has 1 N–H and O–H groups in total. The molecule has 3 aliphatic rings. The number of ether oxygens (including phenoxy) is 1. The van der Waals surface area contributed by atoms with Crippen LogP contribution in [-0.2, 0) is 32.4 Å². The van der Waals surface area contributed by atoms with Crippen molar-refractivity contribution in [1.82, 2.24) is 4.57 Å². The van der Waals surface area contributed by atoms with Crippen LogP contribution in [-0.4, -0.2) is 38.0 Å². The summed E-state index contributed by atoms with van der Waals surface area (Å²) in [6, 6.07) is 10.2. The van der Waals surface area contributed by atoms with Crippen molar-refractivity contribution in [1.29, 1.82) is 0 Å². The largest absolute Gasteiger partial charge is 0.462 e. The number of hydrogen-bond donors (Lipinski definition) is 1. The van der Waals surface area contributed by atoms with Crippen molar-refractivity contribution in [3.63, 3.8) is 0 Å². The molecule has 0 bridgehead atoms. The number of nitrogens with zero attached hydrogens (tertiary/aromatic N) is 2. The highest BCUT2D eigenvalue weighted by Crippen LogP contribution is 2.38. The van der Waals surface area contributed by atoms with Gasteiger partial charge in [0.15, 0.2) is 0 Å². The summed E-state index contributed by atoms with van der Waals surface area (Å²) in [7, 11) is -3.83. The van der Waals surface area contributed by atoms with Crippen LogP contribution in [0, 0.1) is 0 Å². The van der Waals surface area contributed by atoms with Gasteiger partial charge in [-0.1, -0.05) is 15.9 Å². The number of carbonyl (C=O) groups excluding carboxylic acids is 2. The highest BCUT2D eigenvalue weighted by Gasteiger charge is 2.33.